The van der Waals surface area contributed by atoms with Crippen molar-refractivity contribution in [2.24, 2.45) is 0 Å². The molecular weight excluding hydrogens is 870 g/mol. The lowest BCUT2D eigenvalue weighted by Gasteiger charge is -2.41. The Labute approximate surface area is 380 Å². The zero-order valence-electron chi connectivity index (χ0n) is 32.8. The number of hydrogen-bond acceptors (Lipinski definition) is 4. The molecule has 2 amide bonds. The minimum absolute atomic E-state index is 0.114. The van der Waals surface area contributed by atoms with Crippen molar-refractivity contribution in [3.63, 3.8) is 0 Å². The summed E-state index contributed by atoms with van der Waals surface area (Å²) in [7, 11) is 0. The summed E-state index contributed by atoms with van der Waals surface area (Å²) in [6.45, 7) is 0.998. The summed E-state index contributed by atoms with van der Waals surface area (Å²) in [5.74, 6) is -0.228. The zero-order chi connectivity index (χ0) is 43.1. The Bertz CT molecular complexity index is 2380. The third-order valence-corrected chi connectivity index (χ3v) is 11.1. The Kier molecular flexibility index (Phi) is 14.1. The molecule has 11 heteroatoms. The van der Waals surface area contributed by atoms with Crippen molar-refractivity contribution in [1.82, 2.24) is 9.80 Å². The number of rotatable bonds is 4. The maximum absolute atomic E-state index is 13.4. The van der Waals surface area contributed by atoms with Crippen LogP contribution in [0.15, 0.2) is 170 Å². The van der Waals surface area contributed by atoms with Gasteiger partial charge in [0.15, 0.2) is 15.7 Å². The molecule has 6 aromatic rings. The SMILES string of the molecule is ClC(Cl)Cl.ClCCl.O=C1C(c2ccccc2)=C(c2ccccc2)[C@@]2(O)c3ccccc3CCN12.O=C1C(c2ccccc2)=C(c2ccccc2)[C@]2(O)c3ccccc3CCN12. The molecule has 4 heterocycles. The Balaban J connectivity index is 0.000000160. The fourth-order valence-electron chi connectivity index (χ4n) is 8.75. The number of carbonyl (C=O) groups is 2. The number of hydrogen-bond donors (Lipinski definition) is 2. The van der Waals surface area contributed by atoms with Crippen LogP contribution in [-0.2, 0) is 33.9 Å². The molecule has 0 saturated carbocycles. The summed E-state index contributed by atoms with van der Waals surface area (Å²) >= 11 is 23.9. The van der Waals surface area contributed by atoms with Gasteiger partial charge in [-0.15, -0.1) is 23.2 Å². The second kappa shape index (κ2) is 19.4. The van der Waals surface area contributed by atoms with E-state index in [0.29, 0.717) is 35.4 Å². The third kappa shape index (κ3) is 8.52. The number of amides is 2. The molecule has 0 aliphatic carbocycles. The van der Waals surface area contributed by atoms with Crippen molar-refractivity contribution < 1.29 is 19.8 Å². The van der Waals surface area contributed by atoms with Crippen molar-refractivity contribution in [3.8, 4) is 0 Å². The first-order chi connectivity index (χ1) is 29.6. The summed E-state index contributed by atoms with van der Waals surface area (Å²) in [4.78, 5) is 30.1. The molecule has 10 rings (SSSR count). The maximum atomic E-state index is 13.4. The van der Waals surface area contributed by atoms with Gasteiger partial charge in [0.05, 0.1) is 16.5 Å². The molecule has 0 saturated heterocycles. The van der Waals surface area contributed by atoms with Crippen LogP contribution in [0.5, 0.6) is 0 Å². The second-order valence-electron chi connectivity index (χ2n) is 14.4. The number of nitrogens with zero attached hydrogens (tertiary/aromatic N) is 2. The first kappa shape index (κ1) is 44.2. The zero-order valence-corrected chi connectivity index (χ0v) is 36.6. The smallest absolute Gasteiger partial charge is 0.257 e. The van der Waals surface area contributed by atoms with Gasteiger partial charge in [0.25, 0.3) is 11.8 Å². The lowest BCUT2D eigenvalue weighted by molar-refractivity contribution is -0.143. The van der Waals surface area contributed by atoms with Gasteiger partial charge in [0.2, 0.25) is 0 Å². The van der Waals surface area contributed by atoms with Gasteiger partial charge in [-0.3, -0.25) is 9.59 Å². The van der Waals surface area contributed by atoms with Crippen LogP contribution in [0.4, 0.5) is 0 Å². The monoisotopic (exact) mass is 908 g/mol. The summed E-state index contributed by atoms with van der Waals surface area (Å²) < 4.78 is -0.750. The van der Waals surface area contributed by atoms with Gasteiger partial charge in [-0.25, -0.2) is 0 Å². The van der Waals surface area contributed by atoms with Crippen molar-refractivity contribution in [2.45, 2.75) is 28.6 Å². The molecule has 4 aliphatic heterocycles. The molecule has 0 radical (unpaired) electrons. The van der Waals surface area contributed by atoms with E-state index in [0.717, 1.165) is 57.3 Å². The third-order valence-electron chi connectivity index (χ3n) is 11.1. The highest BCUT2D eigenvalue weighted by atomic mass is 35.6. The Morgan fingerprint density at radius 3 is 1.03 bits per heavy atom. The Morgan fingerprint density at radius 1 is 0.459 bits per heavy atom. The molecule has 6 aromatic carbocycles. The van der Waals surface area contributed by atoms with Crippen LogP contribution in [0, 0.1) is 0 Å². The van der Waals surface area contributed by atoms with Crippen LogP contribution < -0.4 is 0 Å². The number of carbonyl (C=O) groups excluding carboxylic acids is 2. The molecule has 310 valence electrons. The Morgan fingerprint density at radius 2 is 0.721 bits per heavy atom. The summed E-state index contributed by atoms with van der Waals surface area (Å²) in [5.41, 5.74) is 6.81. The number of benzene rings is 6. The molecule has 2 N–H and O–H groups in total. The summed E-state index contributed by atoms with van der Waals surface area (Å²) in [6.07, 6.45) is 1.49. The first-order valence-corrected chi connectivity index (χ1v) is 22.0. The maximum Gasteiger partial charge on any atom is 0.257 e. The predicted molar refractivity (Wildman–Crippen MR) is 249 cm³/mol. The van der Waals surface area contributed by atoms with E-state index in [4.69, 9.17) is 58.0 Å². The highest BCUT2D eigenvalue weighted by molar-refractivity contribution is 6.63. The predicted octanol–water partition coefficient (Wildman–Crippen LogP) is 11.1. The normalized spacial score (nSPS) is 19.7. The molecule has 0 aromatic heterocycles. The lowest BCUT2D eigenvalue weighted by Crippen LogP contribution is -2.49. The van der Waals surface area contributed by atoms with Crippen molar-refractivity contribution >= 4 is 92.1 Å². The van der Waals surface area contributed by atoms with Crippen molar-refractivity contribution in [3.05, 3.63) is 214 Å². The Hall–Kier alpha value is -4.89. The summed E-state index contributed by atoms with van der Waals surface area (Å²) in [5, 5.41) is 24.2. The van der Waals surface area contributed by atoms with Crippen LogP contribution in [0.3, 0.4) is 0 Å². The fourth-order valence-corrected chi connectivity index (χ4v) is 8.75. The van der Waals surface area contributed by atoms with Crippen LogP contribution in [0.25, 0.3) is 22.3 Å². The van der Waals surface area contributed by atoms with E-state index in [-0.39, 0.29) is 17.2 Å². The van der Waals surface area contributed by atoms with Gasteiger partial charge in [-0.2, -0.15) is 0 Å². The highest BCUT2D eigenvalue weighted by Gasteiger charge is 2.56. The van der Waals surface area contributed by atoms with Crippen LogP contribution in [0.1, 0.15) is 44.5 Å². The molecule has 0 fully saturated rings. The minimum atomic E-state index is -1.45. The highest BCUT2D eigenvalue weighted by Crippen LogP contribution is 2.54. The molecule has 2 atom stereocenters. The van der Waals surface area contributed by atoms with Crippen LogP contribution in [0.2, 0.25) is 0 Å². The standard InChI is InChI=1S/2C24H19NO2.CHCl3.CH2Cl2/c2*26-23-21(18-10-3-1-4-11-18)22(19-12-5-2-6-13-19)24(27)20-14-8-7-9-17(20)15-16-25(23)24;2-1(3)4;2-1-3/h2*1-14,27H,15-16H2;1H;1H2/t2*24-;;/m10../s1. The minimum Gasteiger partial charge on any atom is -0.363 e. The average Bonchev–Trinajstić information content (AvgIpc) is 3.68. The van der Waals surface area contributed by atoms with Crippen LogP contribution in [-0.4, -0.2) is 54.6 Å². The molecule has 0 spiro atoms. The van der Waals surface area contributed by atoms with Gasteiger partial charge in [0, 0.05) is 35.4 Å². The van der Waals surface area contributed by atoms with E-state index in [1.165, 1.54) is 0 Å². The van der Waals surface area contributed by atoms with Crippen molar-refractivity contribution in [1.29, 1.82) is 0 Å². The van der Waals surface area contributed by atoms with E-state index in [1.54, 1.807) is 9.80 Å². The van der Waals surface area contributed by atoms with Gasteiger partial charge in [-0.05, 0) is 46.2 Å². The van der Waals surface area contributed by atoms with E-state index < -0.39 is 15.7 Å². The van der Waals surface area contributed by atoms with Crippen molar-refractivity contribution in [2.75, 3.05) is 18.4 Å². The fraction of sp³-hybridized carbons (Fsp3) is 0.160. The molecule has 0 bridgehead atoms. The number of aliphatic hydroxyl groups is 2. The lowest BCUT2D eigenvalue weighted by atomic mass is 9.82. The molecule has 61 heavy (non-hydrogen) atoms. The van der Waals surface area contributed by atoms with E-state index in [9.17, 15) is 19.8 Å². The average molecular weight is 911 g/mol. The van der Waals surface area contributed by atoms with Gasteiger partial charge >= 0.3 is 0 Å². The van der Waals surface area contributed by atoms with Crippen LogP contribution >= 0.6 is 58.0 Å². The quantitative estimate of drug-likeness (QED) is 0.173. The number of halogens is 5. The molecular formula is C50H41Cl5N2O4. The van der Waals surface area contributed by atoms with E-state index >= 15 is 0 Å². The molecule has 6 nitrogen and oxygen atoms in total. The summed E-state index contributed by atoms with van der Waals surface area (Å²) in [6, 6.07) is 54.6. The topological polar surface area (TPSA) is 81.1 Å². The van der Waals surface area contributed by atoms with Gasteiger partial charge in [0.1, 0.15) is 0 Å². The molecule has 4 aliphatic rings. The number of alkyl halides is 5. The largest absolute Gasteiger partial charge is 0.363 e. The second-order valence-corrected chi connectivity index (χ2v) is 17.2. The molecule has 0 unspecified atom stereocenters. The number of fused-ring (bicyclic) bond motifs is 6. The van der Waals surface area contributed by atoms with E-state index in [2.05, 4.69) is 0 Å². The van der Waals surface area contributed by atoms with Gasteiger partial charge < -0.3 is 20.0 Å². The van der Waals surface area contributed by atoms with Gasteiger partial charge in [-0.1, -0.05) is 205 Å². The first-order valence-electron chi connectivity index (χ1n) is 19.6. The van der Waals surface area contributed by atoms with E-state index in [1.807, 2.05) is 170 Å².